The van der Waals surface area contributed by atoms with Crippen LogP contribution in [0.25, 0.3) is 22.4 Å². The van der Waals surface area contributed by atoms with Crippen LogP contribution < -0.4 is 19.6 Å². The summed E-state index contributed by atoms with van der Waals surface area (Å²) in [5, 5.41) is 4.41. The molecular weight excluding hydrogens is 466 g/mol. The van der Waals surface area contributed by atoms with Gasteiger partial charge in [-0.05, 0) is 55.0 Å². The van der Waals surface area contributed by atoms with Gasteiger partial charge in [0, 0.05) is 15.6 Å². The lowest BCUT2D eigenvalue weighted by molar-refractivity contribution is 0.309. The number of hydrogen-bond acceptors (Lipinski definition) is 6. The van der Waals surface area contributed by atoms with Gasteiger partial charge in [0.1, 0.15) is 11.5 Å². The molecule has 0 saturated carbocycles. The van der Waals surface area contributed by atoms with Gasteiger partial charge in [0.25, 0.3) is 5.56 Å². The molecule has 8 heteroatoms. The SMILES string of the molecule is CCCCOc1ccc(-c2nc3sc(=Cc4cc(Br)ccc4OC)c(=O)n3n2)cc1. The zero-order valence-corrected chi connectivity index (χ0v) is 19.0. The second kappa shape index (κ2) is 8.97. The molecule has 6 nitrogen and oxygen atoms in total. The fourth-order valence-corrected chi connectivity index (χ4v) is 4.23. The molecule has 0 atom stereocenters. The van der Waals surface area contributed by atoms with Gasteiger partial charge in [-0.15, -0.1) is 5.10 Å². The van der Waals surface area contributed by atoms with Crippen molar-refractivity contribution in [1.29, 1.82) is 0 Å². The predicted molar refractivity (Wildman–Crippen MR) is 122 cm³/mol. The molecule has 0 N–H and O–H groups in total. The van der Waals surface area contributed by atoms with E-state index in [1.54, 1.807) is 13.2 Å². The topological polar surface area (TPSA) is 65.7 Å². The molecule has 0 aliphatic rings. The van der Waals surface area contributed by atoms with Crippen LogP contribution in [0.15, 0.2) is 51.7 Å². The first-order valence-corrected chi connectivity index (χ1v) is 11.2. The van der Waals surface area contributed by atoms with E-state index in [4.69, 9.17) is 9.47 Å². The van der Waals surface area contributed by atoms with E-state index < -0.39 is 0 Å². The highest BCUT2D eigenvalue weighted by molar-refractivity contribution is 9.10. The molecule has 0 aliphatic heterocycles. The molecule has 2 heterocycles. The van der Waals surface area contributed by atoms with Crippen LogP contribution in [0.2, 0.25) is 0 Å². The van der Waals surface area contributed by atoms with Crippen molar-refractivity contribution < 1.29 is 9.47 Å². The number of aromatic nitrogens is 3. The Morgan fingerprint density at radius 1 is 1.20 bits per heavy atom. The smallest absolute Gasteiger partial charge is 0.291 e. The van der Waals surface area contributed by atoms with Crippen LogP contribution >= 0.6 is 27.3 Å². The summed E-state index contributed by atoms with van der Waals surface area (Å²) in [5.41, 5.74) is 1.45. The standard InChI is InChI=1S/C22H20BrN3O3S/c1-3-4-11-29-17-8-5-14(6-9-17)20-24-22-26(25-20)21(27)19(30-22)13-15-12-16(23)7-10-18(15)28-2/h5-10,12-13H,3-4,11H2,1-2H3. The van der Waals surface area contributed by atoms with Gasteiger partial charge in [-0.3, -0.25) is 4.79 Å². The minimum Gasteiger partial charge on any atom is -0.496 e. The summed E-state index contributed by atoms with van der Waals surface area (Å²) >= 11 is 4.76. The van der Waals surface area contributed by atoms with Gasteiger partial charge < -0.3 is 9.47 Å². The van der Waals surface area contributed by atoms with E-state index in [0.29, 0.717) is 27.7 Å². The minimum atomic E-state index is -0.199. The van der Waals surface area contributed by atoms with Gasteiger partial charge in [0.2, 0.25) is 4.96 Å². The fourth-order valence-electron chi connectivity index (χ4n) is 2.95. The van der Waals surface area contributed by atoms with E-state index in [1.807, 2.05) is 42.5 Å². The molecule has 0 aliphatic carbocycles. The largest absolute Gasteiger partial charge is 0.496 e. The molecule has 0 bridgehead atoms. The van der Waals surface area contributed by atoms with Gasteiger partial charge in [0.05, 0.1) is 18.2 Å². The van der Waals surface area contributed by atoms with E-state index in [-0.39, 0.29) is 5.56 Å². The number of nitrogens with zero attached hydrogens (tertiary/aromatic N) is 3. The van der Waals surface area contributed by atoms with E-state index in [0.717, 1.165) is 34.2 Å². The lowest BCUT2D eigenvalue weighted by Crippen LogP contribution is -2.23. The summed E-state index contributed by atoms with van der Waals surface area (Å²) < 4.78 is 13.9. The predicted octanol–water partition coefficient (Wildman–Crippen LogP) is 4.32. The Labute approximate surface area is 185 Å². The monoisotopic (exact) mass is 485 g/mol. The van der Waals surface area contributed by atoms with Crippen LogP contribution in [0.1, 0.15) is 25.3 Å². The average Bonchev–Trinajstić information content (AvgIpc) is 3.29. The Hall–Kier alpha value is -2.71. The first-order valence-electron chi connectivity index (χ1n) is 9.57. The van der Waals surface area contributed by atoms with Crippen molar-refractivity contribution in [3.8, 4) is 22.9 Å². The van der Waals surface area contributed by atoms with Crippen molar-refractivity contribution >= 4 is 38.3 Å². The van der Waals surface area contributed by atoms with Crippen LogP contribution in [0.3, 0.4) is 0 Å². The van der Waals surface area contributed by atoms with Crippen molar-refractivity contribution in [3.05, 3.63) is 67.4 Å². The summed E-state index contributed by atoms with van der Waals surface area (Å²) in [6.45, 7) is 2.83. The lowest BCUT2D eigenvalue weighted by atomic mass is 10.2. The number of thiazole rings is 1. The van der Waals surface area contributed by atoms with Gasteiger partial charge in [-0.1, -0.05) is 40.6 Å². The van der Waals surface area contributed by atoms with Crippen LogP contribution in [-0.2, 0) is 0 Å². The lowest BCUT2D eigenvalue weighted by Gasteiger charge is -2.05. The number of benzene rings is 2. The summed E-state index contributed by atoms with van der Waals surface area (Å²) in [7, 11) is 1.61. The third-order valence-corrected chi connectivity index (χ3v) is 5.99. The van der Waals surface area contributed by atoms with Gasteiger partial charge in [-0.2, -0.15) is 9.50 Å². The van der Waals surface area contributed by atoms with Crippen molar-refractivity contribution in [2.45, 2.75) is 19.8 Å². The Morgan fingerprint density at radius 3 is 2.70 bits per heavy atom. The van der Waals surface area contributed by atoms with Crippen LogP contribution in [-0.4, -0.2) is 28.3 Å². The number of fused-ring (bicyclic) bond motifs is 1. The third kappa shape index (κ3) is 4.24. The molecular formula is C22H20BrN3O3S. The molecule has 0 saturated heterocycles. The average molecular weight is 486 g/mol. The summed E-state index contributed by atoms with van der Waals surface area (Å²) in [5.74, 6) is 2.03. The first kappa shape index (κ1) is 20.6. The van der Waals surface area contributed by atoms with Crippen LogP contribution in [0.4, 0.5) is 0 Å². The second-order valence-electron chi connectivity index (χ2n) is 6.66. The molecule has 0 amide bonds. The molecule has 4 rings (SSSR count). The summed E-state index contributed by atoms with van der Waals surface area (Å²) in [4.78, 5) is 17.9. The number of methoxy groups -OCH3 is 1. The minimum absolute atomic E-state index is 0.199. The molecule has 154 valence electrons. The summed E-state index contributed by atoms with van der Waals surface area (Å²) in [6.07, 6.45) is 3.92. The van der Waals surface area contributed by atoms with Gasteiger partial charge >= 0.3 is 0 Å². The molecule has 0 fully saturated rings. The van der Waals surface area contributed by atoms with Crippen molar-refractivity contribution in [1.82, 2.24) is 14.6 Å². The molecule has 2 aromatic carbocycles. The molecule has 0 radical (unpaired) electrons. The summed E-state index contributed by atoms with van der Waals surface area (Å²) in [6, 6.07) is 13.3. The van der Waals surface area contributed by atoms with Crippen molar-refractivity contribution in [2.75, 3.05) is 13.7 Å². The fraction of sp³-hybridized carbons (Fsp3) is 0.227. The van der Waals surface area contributed by atoms with E-state index in [9.17, 15) is 4.79 Å². The van der Waals surface area contributed by atoms with Crippen molar-refractivity contribution in [2.24, 2.45) is 0 Å². The van der Waals surface area contributed by atoms with Crippen molar-refractivity contribution in [3.63, 3.8) is 0 Å². The van der Waals surface area contributed by atoms with E-state index in [1.165, 1.54) is 15.9 Å². The number of unbranched alkanes of at least 4 members (excludes halogenated alkanes) is 1. The molecule has 0 spiro atoms. The highest BCUT2D eigenvalue weighted by Crippen LogP contribution is 2.24. The Balaban J connectivity index is 1.65. The Kier molecular flexibility index (Phi) is 6.15. The highest BCUT2D eigenvalue weighted by atomic mass is 79.9. The maximum Gasteiger partial charge on any atom is 0.291 e. The van der Waals surface area contributed by atoms with Gasteiger partial charge in [-0.25, -0.2) is 0 Å². The molecule has 2 aromatic heterocycles. The normalized spacial score (nSPS) is 11.9. The number of hydrogen-bond donors (Lipinski definition) is 0. The molecule has 4 aromatic rings. The quantitative estimate of drug-likeness (QED) is 0.364. The maximum atomic E-state index is 12.8. The number of rotatable bonds is 7. The second-order valence-corrected chi connectivity index (χ2v) is 8.58. The van der Waals surface area contributed by atoms with E-state index >= 15 is 0 Å². The first-order chi connectivity index (χ1) is 14.6. The Morgan fingerprint density at radius 2 is 2.00 bits per heavy atom. The van der Waals surface area contributed by atoms with Crippen LogP contribution in [0, 0.1) is 0 Å². The van der Waals surface area contributed by atoms with E-state index in [2.05, 4.69) is 32.9 Å². The number of halogens is 1. The highest BCUT2D eigenvalue weighted by Gasteiger charge is 2.13. The Bertz CT molecular complexity index is 1280. The third-order valence-electron chi connectivity index (χ3n) is 4.54. The van der Waals surface area contributed by atoms with Crippen LogP contribution in [0.5, 0.6) is 11.5 Å². The maximum absolute atomic E-state index is 12.8. The zero-order valence-electron chi connectivity index (χ0n) is 16.6. The molecule has 0 unspecified atom stereocenters. The molecule has 30 heavy (non-hydrogen) atoms. The zero-order chi connectivity index (χ0) is 21.1. The number of ether oxygens (including phenoxy) is 2. The van der Waals surface area contributed by atoms with Gasteiger partial charge in [0.15, 0.2) is 5.82 Å².